The van der Waals surface area contributed by atoms with Crippen LogP contribution in [0.5, 0.6) is 0 Å². The van der Waals surface area contributed by atoms with Crippen molar-refractivity contribution in [2.45, 2.75) is 60.0 Å². The fraction of sp³-hybridized carbons (Fsp3) is 0.484. The third-order valence-electron chi connectivity index (χ3n) is 6.87. The molecule has 1 amide bonds. The molecule has 3 atom stereocenters. The highest BCUT2D eigenvalue weighted by Crippen LogP contribution is 2.36. The van der Waals surface area contributed by atoms with Gasteiger partial charge in [-0.1, -0.05) is 53.2 Å². The van der Waals surface area contributed by atoms with Crippen molar-refractivity contribution in [3.8, 4) is 0 Å². The molecule has 0 unspecified atom stereocenters. The molecule has 0 aromatic heterocycles. The molecule has 8 heteroatoms. The van der Waals surface area contributed by atoms with Crippen molar-refractivity contribution in [2.75, 3.05) is 18.5 Å². The number of carbonyl (C=O) groups is 4. The minimum Gasteiger partial charge on any atom is -0.462 e. The average molecular weight is 538 g/mol. The van der Waals surface area contributed by atoms with Gasteiger partial charge in [-0.05, 0) is 72.9 Å². The fourth-order valence-corrected chi connectivity index (χ4v) is 4.71. The van der Waals surface area contributed by atoms with Crippen molar-refractivity contribution in [2.24, 2.45) is 23.7 Å². The first-order valence-corrected chi connectivity index (χ1v) is 13.6. The van der Waals surface area contributed by atoms with Crippen LogP contribution in [-0.4, -0.2) is 43.1 Å². The van der Waals surface area contributed by atoms with Gasteiger partial charge in [0.1, 0.15) is 6.10 Å². The maximum atomic E-state index is 13.1. The molecule has 0 saturated heterocycles. The molecular weight excluding hydrogens is 498 g/mol. The lowest BCUT2D eigenvalue weighted by Gasteiger charge is -2.36. The van der Waals surface area contributed by atoms with Gasteiger partial charge >= 0.3 is 17.9 Å². The number of rotatable bonds is 10. The molecule has 1 saturated carbocycles. The van der Waals surface area contributed by atoms with E-state index >= 15 is 0 Å². The number of anilines is 1. The minimum absolute atomic E-state index is 0.0458. The minimum atomic E-state index is -0.793. The van der Waals surface area contributed by atoms with Crippen LogP contribution in [0.3, 0.4) is 0 Å². The third-order valence-corrected chi connectivity index (χ3v) is 6.87. The summed E-state index contributed by atoms with van der Waals surface area (Å²) in [6.45, 7) is 10.1. The van der Waals surface area contributed by atoms with Gasteiger partial charge < -0.3 is 19.5 Å². The number of nitrogens with one attached hydrogen (secondary N) is 1. The second-order valence-corrected chi connectivity index (χ2v) is 11.0. The summed E-state index contributed by atoms with van der Waals surface area (Å²) in [5, 5.41) is 2.62. The van der Waals surface area contributed by atoms with Crippen LogP contribution in [0.1, 0.15) is 85.0 Å². The third kappa shape index (κ3) is 8.67. The van der Waals surface area contributed by atoms with Crippen molar-refractivity contribution in [3.63, 3.8) is 0 Å². The Morgan fingerprint density at radius 1 is 0.846 bits per heavy atom. The zero-order valence-corrected chi connectivity index (χ0v) is 23.4. The number of ether oxygens (including phenoxy) is 3. The summed E-state index contributed by atoms with van der Waals surface area (Å²) in [4.78, 5) is 50.3. The van der Waals surface area contributed by atoms with Gasteiger partial charge in [0.2, 0.25) is 0 Å². The van der Waals surface area contributed by atoms with Crippen molar-refractivity contribution in [1.82, 2.24) is 0 Å². The molecule has 0 aliphatic heterocycles. The van der Waals surface area contributed by atoms with Crippen LogP contribution in [0, 0.1) is 23.7 Å². The van der Waals surface area contributed by atoms with E-state index in [1.807, 2.05) is 13.8 Å². The van der Waals surface area contributed by atoms with E-state index in [1.165, 1.54) is 12.1 Å². The molecular formula is C31H39NO7. The number of benzene rings is 2. The predicted molar refractivity (Wildman–Crippen MR) is 147 cm³/mol. The number of amides is 1. The summed E-state index contributed by atoms with van der Waals surface area (Å²) in [5.74, 6) is -1.02. The Bertz CT molecular complexity index is 1160. The summed E-state index contributed by atoms with van der Waals surface area (Å²) in [6.07, 6.45) is 2.69. The molecule has 1 aliphatic carbocycles. The number of hydrogen-bond donors (Lipinski definition) is 1. The van der Waals surface area contributed by atoms with Gasteiger partial charge in [0.15, 0.2) is 6.61 Å². The quantitative estimate of drug-likeness (QED) is 0.296. The van der Waals surface area contributed by atoms with Crippen LogP contribution in [0.15, 0.2) is 48.5 Å². The van der Waals surface area contributed by atoms with Crippen molar-refractivity contribution < 1.29 is 33.4 Å². The van der Waals surface area contributed by atoms with E-state index in [4.69, 9.17) is 14.2 Å². The normalized spacial score (nSPS) is 18.9. The zero-order chi connectivity index (χ0) is 28.5. The highest BCUT2D eigenvalue weighted by atomic mass is 16.5. The maximum absolute atomic E-state index is 13.1. The SMILES string of the molecule is CC(C)COC(=O)c1ccc(NC(=O)COC(=O)c2ccccc2C(=O)O[C@@H]2C[C@@H](C)CC[C@@H]2C(C)C)cc1. The average Bonchev–Trinajstić information content (AvgIpc) is 2.90. The maximum Gasteiger partial charge on any atom is 0.339 e. The van der Waals surface area contributed by atoms with Crippen molar-refractivity contribution in [3.05, 3.63) is 65.2 Å². The standard InChI is InChI=1S/C31H39NO7/c1-19(2)17-37-29(34)22-11-13-23(14-12-22)32-28(33)18-38-30(35)25-8-6-7-9-26(25)31(36)39-27-16-21(5)10-15-24(27)20(3)4/h6-9,11-14,19-21,24,27H,10,15-18H2,1-5H3,(H,32,33)/t21-,24+,27+/m0/s1. The van der Waals surface area contributed by atoms with Crippen molar-refractivity contribution in [1.29, 1.82) is 0 Å². The van der Waals surface area contributed by atoms with Crippen LogP contribution in [-0.2, 0) is 19.0 Å². The van der Waals surface area contributed by atoms with Crippen LogP contribution in [0.4, 0.5) is 5.69 Å². The summed E-state index contributed by atoms with van der Waals surface area (Å²) in [7, 11) is 0. The Labute approximate surface area is 230 Å². The van der Waals surface area contributed by atoms with Crippen LogP contribution < -0.4 is 5.32 Å². The molecule has 2 aromatic carbocycles. The van der Waals surface area contributed by atoms with E-state index < -0.39 is 30.4 Å². The lowest BCUT2D eigenvalue weighted by atomic mass is 9.75. The molecule has 2 aromatic rings. The predicted octanol–water partition coefficient (Wildman–Crippen LogP) is 5.91. The van der Waals surface area contributed by atoms with Gasteiger partial charge in [0, 0.05) is 5.69 Å². The van der Waals surface area contributed by atoms with Crippen LogP contribution in [0.25, 0.3) is 0 Å². The molecule has 8 nitrogen and oxygen atoms in total. The number of esters is 3. The molecule has 0 radical (unpaired) electrons. The molecule has 210 valence electrons. The monoisotopic (exact) mass is 537 g/mol. The molecule has 39 heavy (non-hydrogen) atoms. The molecule has 0 bridgehead atoms. The van der Waals surface area contributed by atoms with Gasteiger partial charge in [-0.25, -0.2) is 14.4 Å². The topological polar surface area (TPSA) is 108 Å². The van der Waals surface area contributed by atoms with E-state index in [0.29, 0.717) is 29.7 Å². The first-order valence-electron chi connectivity index (χ1n) is 13.6. The second kappa shape index (κ2) is 13.9. The second-order valence-electron chi connectivity index (χ2n) is 11.0. The first-order chi connectivity index (χ1) is 18.5. The highest BCUT2D eigenvalue weighted by molar-refractivity contribution is 6.04. The molecule has 1 aliphatic rings. The number of hydrogen-bond acceptors (Lipinski definition) is 7. The lowest BCUT2D eigenvalue weighted by molar-refractivity contribution is -0.119. The Morgan fingerprint density at radius 2 is 1.49 bits per heavy atom. The van der Waals surface area contributed by atoms with Gasteiger partial charge in [0.05, 0.1) is 23.3 Å². The van der Waals surface area contributed by atoms with E-state index in [9.17, 15) is 19.2 Å². The van der Waals surface area contributed by atoms with Gasteiger partial charge in [-0.2, -0.15) is 0 Å². The molecule has 1 N–H and O–H groups in total. The zero-order valence-electron chi connectivity index (χ0n) is 23.4. The Balaban J connectivity index is 1.57. The van der Waals surface area contributed by atoms with Gasteiger partial charge in [0.25, 0.3) is 5.91 Å². The Morgan fingerprint density at radius 3 is 2.10 bits per heavy atom. The summed E-state index contributed by atoms with van der Waals surface area (Å²) >= 11 is 0. The Hall–Kier alpha value is -3.68. The molecule has 0 spiro atoms. The van der Waals surface area contributed by atoms with E-state index in [0.717, 1.165) is 19.3 Å². The van der Waals surface area contributed by atoms with Gasteiger partial charge in [-0.15, -0.1) is 0 Å². The van der Waals surface area contributed by atoms with Gasteiger partial charge in [-0.3, -0.25) is 4.79 Å². The molecule has 0 heterocycles. The fourth-order valence-electron chi connectivity index (χ4n) is 4.71. The summed E-state index contributed by atoms with van der Waals surface area (Å²) < 4.78 is 16.3. The lowest BCUT2D eigenvalue weighted by Crippen LogP contribution is -2.36. The Kier molecular flexibility index (Phi) is 10.7. The smallest absolute Gasteiger partial charge is 0.339 e. The molecule has 1 fully saturated rings. The van der Waals surface area contributed by atoms with E-state index in [1.54, 1.807) is 36.4 Å². The summed E-state index contributed by atoms with van der Waals surface area (Å²) in [5.41, 5.74) is 0.959. The highest BCUT2D eigenvalue weighted by Gasteiger charge is 2.34. The first kappa shape index (κ1) is 29.9. The summed E-state index contributed by atoms with van der Waals surface area (Å²) in [6, 6.07) is 12.5. The van der Waals surface area contributed by atoms with E-state index in [-0.39, 0.29) is 29.1 Å². The van der Waals surface area contributed by atoms with Crippen LogP contribution in [0.2, 0.25) is 0 Å². The van der Waals surface area contributed by atoms with E-state index in [2.05, 4.69) is 26.1 Å². The van der Waals surface area contributed by atoms with Crippen molar-refractivity contribution >= 4 is 29.5 Å². The largest absolute Gasteiger partial charge is 0.462 e. The number of carbonyl (C=O) groups excluding carboxylic acids is 4. The van der Waals surface area contributed by atoms with Crippen LogP contribution >= 0.6 is 0 Å². The molecule has 3 rings (SSSR count).